The third-order valence-electron chi connectivity index (χ3n) is 2.13. The number of ether oxygens (including phenoxy) is 1. The van der Waals surface area contributed by atoms with E-state index in [9.17, 15) is 10.0 Å². The fourth-order valence-corrected chi connectivity index (χ4v) is 1.33. The predicted molar refractivity (Wildman–Crippen MR) is 56.5 cm³/mol. The number of nitriles is 1. The van der Waals surface area contributed by atoms with Gasteiger partial charge in [-0.3, -0.25) is 4.79 Å². The van der Waals surface area contributed by atoms with Crippen molar-refractivity contribution in [2.75, 3.05) is 5.01 Å². The van der Waals surface area contributed by atoms with E-state index in [2.05, 4.69) is 10.0 Å². The average molecular weight is 251 g/mol. The minimum Gasteiger partial charge on any atom is -0.438 e. The van der Waals surface area contributed by atoms with Crippen LogP contribution in [0.25, 0.3) is 0 Å². The molecule has 1 aromatic carbocycles. The first-order valence-corrected chi connectivity index (χ1v) is 4.86. The quantitative estimate of drug-likeness (QED) is 0.266. The fourth-order valence-electron chi connectivity index (χ4n) is 1.33. The molecular weight excluding hydrogens is 240 g/mol. The molecule has 94 valence electrons. The molecule has 8 nitrogen and oxygen atoms in total. The van der Waals surface area contributed by atoms with Crippen molar-refractivity contribution >= 4 is 12.2 Å². The van der Waals surface area contributed by atoms with Gasteiger partial charge in [0.15, 0.2) is 0 Å². The van der Waals surface area contributed by atoms with E-state index < -0.39 is 6.23 Å². The van der Waals surface area contributed by atoms with Crippen LogP contribution in [0.3, 0.4) is 0 Å². The lowest BCUT2D eigenvalue weighted by molar-refractivity contribution is -0.848. The Morgan fingerprint density at radius 3 is 2.61 bits per heavy atom. The van der Waals surface area contributed by atoms with Gasteiger partial charge in [-0.15, -0.1) is 0 Å². The van der Waals surface area contributed by atoms with Crippen molar-refractivity contribution in [2.24, 2.45) is 5.28 Å². The number of hydrogen-bond acceptors (Lipinski definition) is 4. The van der Waals surface area contributed by atoms with E-state index in [0.29, 0.717) is 11.3 Å². The van der Waals surface area contributed by atoms with Gasteiger partial charge in [-0.25, -0.2) is 5.21 Å². The van der Waals surface area contributed by atoms with Gasteiger partial charge in [-0.2, -0.15) is 5.26 Å². The van der Waals surface area contributed by atoms with Gasteiger partial charge in [0.25, 0.3) is 16.7 Å². The number of benzene rings is 1. The van der Waals surface area contributed by atoms with E-state index in [1.165, 1.54) is 31.2 Å². The van der Waals surface area contributed by atoms with Crippen LogP contribution >= 0.6 is 0 Å². The Labute approximate surface area is 102 Å². The highest BCUT2D eigenvalue weighted by Crippen LogP contribution is 2.18. The Balaban J connectivity index is 3.09. The van der Waals surface area contributed by atoms with Gasteiger partial charge in [-0.1, -0.05) is 0 Å². The normalized spacial score (nSPS) is 12.3. The number of anilines is 1. The van der Waals surface area contributed by atoms with Crippen molar-refractivity contribution in [1.82, 2.24) is 0 Å². The summed E-state index contributed by atoms with van der Waals surface area (Å²) in [6.45, 7) is 1.66. The highest BCUT2D eigenvalue weighted by molar-refractivity contribution is 5.48. The summed E-state index contributed by atoms with van der Waals surface area (Å²) in [6, 6.07) is 7.93. The molecule has 0 amide bonds. The van der Waals surface area contributed by atoms with Crippen LogP contribution in [0.1, 0.15) is 12.5 Å². The van der Waals surface area contributed by atoms with Crippen molar-refractivity contribution in [2.45, 2.75) is 13.2 Å². The number of carbonyl (C=O) groups excluding carboxylic acids is 1. The van der Waals surface area contributed by atoms with E-state index >= 15 is 0 Å². The molecule has 1 aromatic rings. The maximum atomic E-state index is 10.3. The SMILES string of the molecule is CC(OC=O)N(c1ccc(C#N)cc1)[N+](O)=NO. The Morgan fingerprint density at radius 2 is 2.17 bits per heavy atom. The van der Waals surface area contributed by atoms with E-state index in [4.69, 9.17) is 10.5 Å². The first kappa shape index (κ1) is 13.2. The van der Waals surface area contributed by atoms with Crippen LogP contribution in [0.2, 0.25) is 0 Å². The average Bonchev–Trinajstić information content (AvgIpc) is 2.40. The number of rotatable bonds is 5. The summed E-state index contributed by atoms with van der Waals surface area (Å²) in [7, 11) is 0. The summed E-state index contributed by atoms with van der Waals surface area (Å²) in [5.41, 5.74) is 0.789. The molecule has 18 heavy (non-hydrogen) atoms. The predicted octanol–water partition coefficient (Wildman–Crippen LogP) is 1.04. The second-order valence-electron chi connectivity index (χ2n) is 3.19. The topological polar surface area (TPSA) is 109 Å². The molecule has 0 bridgehead atoms. The Hall–Kier alpha value is -2.82. The van der Waals surface area contributed by atoms with Crippen LogP contribution < -0.4 is 5.01 Å². The maximum absolute atomic E-state index is 10.3. The van der Waals surface area contributed by atoms with Crippen molar-refractivity contribution in [1.29, 1.82) is 5.26 Å². The number of nitrogens with zero attached hydrogens (tertiary/aromatic N) is 4. The molecule has 0 fully saturated rings. The Bertz CT molecular complexity index is 480. The highest BCUT2D eigenvalue weighted by Gasteiger charge is 2.29. The standard InChI is InChI=1S/C10H10N4O4/c1-8(18-7-15)13(14(17)12-16)10-4-2-9(6-11)3-5-10/h2-5,7-8,17H,1H3/p+1. The van der Waals surface area contributed by atoms with Crippen molar-refractivity contribution in [3.05, 3.63) is 29.8 Å². The molecule has 1 unspecified atom stereocenters. The molecule has 0 heterocycles. The van der Waals surface area contributed by atoms with Crippen molar-refractivity contribution < 1.29 is 24.9 Å². The fraction of sp³-hybridized carbons (Fsp3) is 0.200. The van der Waals surface area contributed by atoms with E-state index in [0.717, 1.165) is 5.01 Å². The third-order valence-corrected chi connectivity index (χ3v) is 2.13. The second-order valence-corrected chi connectivity index (χ2v) is 3.19. The Kier molecular flexibility index (Phi) is 4.45. The monoisotopic (exact) mass is 251 g/mol. The van der Waals surface area contributed by atoms with Crippen molar-refractivity contribution in [3.8, 4) is 6.07 Å². The molecule has 0 aromatic heterocycles. The van der Waals surface area contributed by atoms with Crippen LogP contribution in [0.5, 0.6) is 0 Å². The van der Waals surface area contributed by atoms with E-state index in [1.807, 2.05) is 6.07 Å². The van der Waals surface area contributed by atoms with E-state index in [1.54, 1.807) is 0 Å². The van der Waals surface area contributed by atoms with Gasteiger partial charge in [0.05, 0.1) is 11.6 Å². The molecule has 8 heteroatoms. The minimum atomic E-state index is -0.906. The summed E-state index contributed by atoms with van der Waals surface area (Å²) in [5.74, 6) is 0. The zero-order valence-electron chi connectivity index (χ0n) is 9.46. The molecule has 1 atom stereocenters. The number of hydrazine groups is 1. The van der Waals surface area contributed by atoms with Crippen LogP contribution in [0.4, 0.5) is 5.69 Å². The minimum absolute atomic E-state index is 0.121. The molecule has 0 spiro atoms. The summed E-state index contributed by atoms with van der Waals surface area (Å²) in [5, 5.41) is 30.1. The van der Waals surface area contributed by atoms with Crippen LogP contribution in [0.15, 0.2) is 29.5 Å². The van der Waals surface area contributed by atoms with Crippen molar-refractivity contribution in [3.63, 3.8) is 0 Å². The first-order valence-electron chi connectivity index (χ1n) is 4.86. The van der Waals surface area contributed by atoms with Gasteiger partial charge in [0.2, 0.25) is 6.23 Å². The zero-order valence-corrected chi connectivity index (χ0v) is 9.46. The van der Waals surface area contributed by atoms with Crippen LogP contribution in [0, 0.1) is 11.3 Å². The molecule has 0 saturated heterocycles. The smallest absolute Gasteiger partial charge is 0.295 e. The second kappa shape index (κ2) is 6.05. The summed E-state index contributed by atoms with van der Waals surface area (Å²) < 4.78 is 4.65. The Morgan fingerprint density at radius 1 is 1.56 bits per heavy atom. The molecule has 0 aliphatic rings. The number of hydrogen-bond donors (Lipinski definition) is 2. The molecule has 0 aliphatic heterocycles. The molecular formula is C10H11N4O4+. The lowest BCUT2D eigenvalue weighted by Gasteiger charge is -2.17. The van der Waals surface area contributed by atoms with E-state index in [-0.39, 0.29) is 11.4 Å². The van der Waals surface area contributed by atoms with Gasteiger partial charge in [0, 0.05) is 0 Å². The van der Waals surface area contributed by atoms with Gasteiger partial charge < -0.3 is 9.94 Å². The highest BCUT2D eigenvalue weighted by atomic mass is 16.6. The third kappa shape index (κ3) is 2.85. The van der Waals surface area contributed by atoms with Gasteiger partial charge in [0.1, 0.15) is 5.69 Å². The first-order chi connectivity index (χ1) is 8.63. The molecule has 0 aliphatic carbocycles. The van der Waals surface area contributed by atoms with Crippen LogP contribution in [-0.4, -0.2) is 28.1 Å². The molecule has 2 N–H and O–H groups in total. The number of carbonyl (C=O) groups is 1. The lowest BCUT2D eigenvalue weighted by Crippen LogP contribution is -2.41. The lowest BCUT2D eigenvalue weighted by atomic mass is 10.2. The largest absolute Gasteiger partial charge is 0.438 e. The maximum Gasteiger partial charge on any atom is 0.295 e. The van der Waals surface area contributed by atoms with Gasteiger partial charge in [-0.05, 0) is 36.2 Å². The zero-order chi connectivity index (χ0) is 13.5. The summed E-state index contributed by atoms with van der Waals surface area (Å²) >= 11 is 0. The molecule has 0 saturated carbocycles. The summed E-state index contributed by atoms with van der Waals surface area (Å²) in [6.07, 6.45) is -0.906. The van der Waals surface area contributed by atoms with Gasteiger partial charge >= 0.3 is 0 Å². The molecule has 0 radical (unpaired) electrons. The van der Waals surface area contributed by atoms with Crippen LogP contribution in [-0.2, 0) is 9.53 Å². The molecule has 1 rings (SSSR count). The summed E-state index contributed by atoms with van der Waals surface area (Å²) in [4.78, 5) is 10.4.